The van der Waals surface area contributed by atoms with Crippen LogP contribution in [0.2, 0.25) is 0 Å². The Labute approximate surface area is 88.5 Å². The van der Waals surface area contributed by atoms with Crippen molar-refractivity contribution in [2.75, 3.05) is 5.32 Å². The van der Waals surface area contributed by atoms with Crippen LogP contribution in [0.15, 0.2) is 18.2 Å². The highest BCUT2D eigenvalue weighted by Gasteiger charge is 2.08. The van der Waals surface area contributed by atoms with E-state index in [2.05, 4.69) is 5.32 Å². The molecule has 0 saturated heterocycles. The number of nitrogens with two attached hydrogens (primary N) is 1. The van der Waals surface area contributed by atoms with Gasteiger partial charge in [-0.1, -0.05) is 6.92 Å². The van der Waals surface area contributed by atoms with Gasteiger partial charge in [0.05, 0.1) is 5.69 Å². The molecule has 1 aromatic carbocycles. The number of benzene rings is 1. The molecule has 0 aliphatic carbocycles. The van der Waals surface area contributed by atoms with E-state index in [0.717, 1.165) is 6.42 Å². The fourth-order valence-corrected chi connectivity index (χ4v) is 1.16. The number of carbonyl (C=O) groups excluding carboxylic acids is 1. The van der Waals surface area contributed by atoms with Crippen LogP contribution in [0.25, 0.3) is 0 Å². The average molecular weight is 210 g/mol. The third-order valence-electron chi connectivity index (χ3n) is 2.27. The molecule has 0 aromatic heterocycles. The molecule has 0 radical (unpaired) electrons. The summed E-state index contributed by atoms with van der Waals surface area (Å²) in [6.07, 6.45) is 0.875. The second-order valence-electron chi connectivity index (χ2n) is 3.51. The molecule has 1 aromatic rings. The minimum absolute atomic E-state index is 0.155. The fourth-order valence-electron chi connectivity index (χ4n) is 1.16. The minimum atomic E-state index is -0.554. The van der Waals surface area contributed by atoms with Crippen molar-refractivity contribution in [3.63, 3.8) is 0 Å². The van der Waals surface area contributed by atoms with E-state index < -0.39 is 5.91 Å². The van der Waals surface area contributed by atoms with Crippen molar-refractivity contribution in [3.05, 3.63) is 29.6 Å². The molecule has 0 bridgehead atoms. The van der Waals surface area contributed by atoms with E-state index in [1.165, 1.54) is 18.2 Å². The highest BCUT2D eigenvalue weighted by Crippen LogP contribution is 2.17. The molecule has 1 rings (SSSR count). The molecule has 82 valence electrons. The molecule has 1 unspecified atom stereocenters. The standard InChI is InChI=1S/C11H15FN2O/c1-3-7(2)14-10-6-8(11(13)15)4-5-9(10)12/h4-7,14H,3H2,1-2H3,(H2,13,15). The largest absolute Gasteiger partial charge is 0.380 e. The van der Waals surface area contributed by atoms with E-state index >= 15 is 0 Å². The van der Waals surface area contributed by atoms with E-state index in [0.29, 0.717) is 11.3 Å². The topological polar surface area (TPSA) is 55.1 Å². The van der Waals surface area contributed by atoms with Crippen molar-refractivity contribution in [3.8, 4) is 0 Å². The maximum atomic E-state index is 13.3. The lowest BCUT2D eigenvalue weighted by atomic mass is 10.1. The summed E-state index contributed by atoms with van der Waals surface area (Å²) < 4.78 is 13.3. The van der Waals surface area contributed by atoms with Crippen LogP contribution in [0.5, 0.6) is 0 Å². The first-order chi connectivity index (χ1) is 7.04. The first-order valence-electron chi connectivity index (χ1n) is 4.90. The number of carbonyl (C=O) groups is 1. The summed E-state index contributed by atoms with van der Waals surface area (Å²) in [7, 11) is 0. The van der Waals surface area contributed by atoms with Gasteiger partial charge in [-0.05, 0) is 31.5 Å². The molecular weight excluding hydrogens is 195 g/mol. The number of halogens is 1. The predicted octanol–water partition coefficient (Wildman–Crippen LogP) is 2.13. The molecule has 1 atom stereocenters. The zero-order valence-electron chi connectivity index (χ0n) is 8.88. The first-order valence-corrected chi connectivity index (χ1v) is 4.90. The van der Waals surface area contributed by atoms with Crippen LogP contribution in [-0.4, -0.2) is 11.9 Å². The van der Waals surface area contributed by atoms with Crippen LogP contribution < -0.4 is 11.1 Å². The molecule has 3 nitrogen and oxygen atoms in total. The molecule has 0 fully saturated rings. The zero-order chi connectivity index (χ0) is 11.4. The fraction of sp³-hybridized carbons (Fsp3) is 0.364. The molecule has 15 heavy (non-hydrogen) atoms. The number of nitrogens with one attached hydrogen (secondary N) is 1. The Balaban J connectivity index is 2.95. The molecule has 3 N–H and O–H groups in total. The summed E-state index contributed by atoms with van der Waals surface area (Å²) in [5.41, 5.74) is 5.73. The highest BCUT2D eigenvalue weighted by atomic mass is 19.1. The van der Waals surface area contributed by atoms with Gasteiger partial charge < -0.3 is 11.1 Å². The Hall–Kier alpha value is -1.58. The predicted molar refractivity (Wildman–Crippen MR) is 58.3 cm³/mol. The smallest absolute Gasteiger partial charge is 0.248 e. The van der Waals surface area contributed by atoms with E-state index in [9.17, 15) is 9.18 Å². The summed E-state index contributed by atoms with van der Waals surface area (Å²) >= 11 is 0. The van der Waals surface area contributed by atoms with Gasteiger partial charge in [-0.15, -0.1) is 0 Å². The van der Waals surface area contributed by atoms with Gasteiger partial charge in [0.2, 0.25) is 5.91 Å². The number of hydrogen-bond donors (Lipinski definition) is 2. The second kappa shape index (κ2) is 4.77. The lowest BCUT2D eigenvalue weighted by Crippen LogP contribution is -2.16. The van der Waals surface area contributed by atoms with E-state index in [-0.39, 0.29) is 11.9 Å². The monoisotopic (exact) mass is 210 g/mol. The number of primary amides is 1. The van der Waals surface area contributed by atoms with Crippen molar-refractivity contribution in [1.29, 1.82) is 0 Å². The Morgan fingerprint density at radius 3 is 2.80 bits per heavy atom. The summed E-state index contributed by atoms with van der Waals surface area (Å²) in [6, 6.07) is 4.20. The molecule has 0 spiro atoms. The van der Waals surface area contributed by atoms with Crippen molar-refractivity contribution < 1.29 is 9.18 Å². The third-order valence-corrected chi connectivity index (χ3v) is 2.27. The normalized spacial score (nSPS) is 12.2. The SMILES string of the molecule is CCC(C)Nc1cc(C(N)=O)ccc1F. The Bertz CT molecular complexity index is 366. The highest BCUT2D eigenvalue weighted by molar-refractivity contribution is 5.93. The van der Waals surface area contributed by atoms with E-state index in [1.807, 2.05) is 13.8 Å². The van der Waals surface area contributed by atoms with Crippen LogP contribution in [0.4, 0.5) is 10.1 Å². The lowest BCUT2D eigenvalue weighted by molar-refractivity contribution is 0.100. The van der Waals surface area contributed by atoms with Crippen LogP contribution in [0, 0.1) is 5.82 Å². The van der Waals surface area contributed by atoms with Crippen molar-refractivity contribution in [2.24, 2.45) is 5.73 Å². The number of hydrogen-bond acceptors (Lipinski definition) is 2. The van der Waals surface area contributed by atoms with Gasteiger partial charge in [-0.25, -0.2) is 4.39 Å². The minimum Gasteiger partial charge on any atom is -0.380 e. The van der Waals surface area contributed by atoms with Gasteiger partial charge in [0.15, 0.2) is 0 Å². The molecule has 0 aliphatic heterocycles. The molecule has 4 heteroatoms. The Kier molecular flexibility index (Phi) is 3.66. The molecule has 0 heterocycles. The Morgan fingerprint density at radius 2 is 2.27 bits per heavy atom. The molecule has 1 amide bonds. The second-order valence-corrected chi connectivity index (χ2v) is 3.51. The maximum Gasteiger partial charge on any atom is 0.248 e. The summed E-state index contributed by atoms with van der Waals surface area (Å²) in [5.74, 6) is -0.928. The average Bonchev–Trinajstić information content (AvgIpc) is 2.20. The van der Waals surface area contributed by atoms with Gasteiger partial charge in [0.1, 0.15) is 5.82 Å². The van der Waals surface area contributed by atoms with Crippen LogP contribution in [-0.2, 0) is 0 Å². The number of anilines is 1. The maximum absolute atomic E-state index is 13.3. The van der Waals surface area contributed by atoms with Crippen LogP contribution in [0.1, 0.15) is 30.6 Å². The van der Waals surface area contributed by atoms with Crippen molar-refractivity contribution >= 4 is 11.6 Å². The molecule has 0 saturated carbocycles. The van der Waals surface area contributed by atoms with Gasteiger partial charge in [0.25, 0.3) is 0 Å². The number of rotatable bonds is 4. The van der Waals surface area contributed by atoms with Gasteiger partial charge in [0, 0.05) is 11.6 Å². The third kappa shape index (κ3) is 2.94. The molecule has 0 aliphatic rings. The summed E-state index contributed by atoms with van der Waals surface area (Å²) in [5, 5.41) is 2.97. The quantitative estimate of drug-likeness (QED) is 0.799. The van der Waals surface area contributed by atoms with Crippen LogP contribution >= 0.6 is 0 Å². The van der Waals surface area contributed by atoms with Crippen molar-refractivity contribution in [1.82, 2.24) is 0 Å². The zero-order valence-corrected chi connectivity index (χ0v) is 8.88. The van der Waals surface area contributed by atoms with Gasteiger partial charge in [-0.3, -0.25) is 4.79 Å². The molecular formula is C11H15FN2O. The Morgan fingerprint density at radius 1 is 1.60 bits per heavy atom. The summed E-state index contributed by atoms with van der Waals surface area (Å²) in [4.78, 5) is 10.9. The van der Waals surface area contributed by atoms with E-state index in [1.54, 1.807) is 0 Å². The van der Waals surface area contributed by atoms with Gasteiger partial charge >= 0.3 is 0 Å². The van der Waals surface area contributed by atoms with E-state index in [4.69, 9.17) is 5.73 Å². The van der Waals surface area contributed by atoms with Crippen LogP contribution in [0.3, 0.4) is 0 Å². The van der Waals surface area contributed by atoms with Crippen molar-refractivity contribution in [2.45, 2.75) is 26.3 Å². The number of amides is 1. The lowest BCUT2D eigenvalue weighted by Gasteiger charge is -2.14. The first kappa shape index (κ1) is 11.5. The summed E-state index contributed by atoms with van der Waals surface area (Å²) in [6.45, 7) is 3.93. The van der Waals surface area contributed by atoms with Gasteiger partial charge in [-0.2, -0.15) is 0 Å².